The largest absolute Gasteiger partial charge is 0.248 e. The molecule has 0 amide bonds. The molecule has 0 aromatic carbocycles. The van der Waals surface area contributed by atoms with Crippen LogP contribution in [-0.2, 0) is 0 Å². The predicted molar refractivity (Wildman–Crippen MR) is 163 cm³/mol. The summed E-state index contributed by atoms with van der Waals surface area (Å²) in [6.45, 7) is 0. The van der Waals surface area contributed by atoms with E-state index in [1.54, 1.807) is 0 Å². The molecule has 0 nitrogen and oxygen atoms in total. The second-order valence-corrected chi connectivity index (χ2v) is 14.4. The van der Waals surface area contributed by atoms with E-state index in [1.165, 1.54) is 57.1 Å². The summed E-state index contributed by atoms with van der Waals surface area (Å²) in [6, 6.07) is 26.9. The molecule has 0 radical (unpaired) electrons. The second-order valence-electron chi connectivity index (χ2n) is 7.80. The Morgan fingerprint density at radius 1 is 0.324 bits per heavy atom. The van der Waals surface area contributed by atoms with E-state index in [2.05, 4.69) is 97.1 Å². The molecular weight excluding hydrogens is 529 g/mol. The first-order valence-electron chi connectivity index (χ1n) is 10.7. The van der Waals surface area contributed by atoms with Crippen molar-refractivity contribution in [3.05, 3.63) is 92.3 Å². The lowest BCUT2D eigenvalue weighted by molar-refractivity contribution is 2.00. The normalized spacial score (nSPS) is 12.5. The maximum atomic E-state index is 2.26. The molecule has 0 N–H and O–H groups in total. The molecule has 0 aliphatic carbocycles. The van der Waals surface area contributed by atoms with Gasteiger partial charge in [0.2, 0.25) is 42.2 Å². The predicted octanol–water partition coefficient (Wildman–Crippen LogP) is 11.6. The maximum absolute atomic E-state index is 2.26. The summed E-state index contributed by atoms with van der Waals surface area (Å²) < 4.78 is 10.5. The van der Waals surface area contributed by atoms with E-state index in [4.69, 9.17) is 0 Å². The summed E-state index contributed by atoms with van der Waals surface area (Å²) in [5.74, 6) is 0. The summed E-state index contributed by atoms with van der Waals surface area (Å²) in [5, 5.41) is 0. The van der Waals surface area contributed by atoms with Crippen LogP contribution in [0, 0.1) is 0 Å². The number of fused-ring (bicyclic) bond motifs is 16. The van der Waals surface area contributed by atoms with Gasteiger partial charge >= 0.3 is 0 Å². The lowest BCUT2D eigenvalue weighted by Gasteiger charge is -1.76. The summed E-state index contributed by atoms with van der Waals surface area (Å²) in [4.78, 5) is 5.35. The molecule has 7 rings (SSSR count). The fourth-order valence-corrected chi connectivity index (χ4v) is 9.85. The monoisotopic (exact) mass is 544 g/mol. The Morgan fingerprint density at radius 2 is 0.559 bits per heavy atom. The average molecular weight is 545 g/mol. The Bertz CT molecular complexity index is 1600. The van der Waals surface area contributed by atoms with Gasteiger partial charge in [-0.05, 0) is 72.8 Å². The van der Waals surface area contributed by atoms with E-state index in [0.717, 1.165) is 0 Å². The highest BCUT2D eigenvalue weighted by molar-refractivity contribution is 7.29. The lowest BCUT2D eigenvalue weighted by atomic mass is 10.3. The minimum atomic E-state index is 1.29. The number of rotatable bonds is 0. The molecule has 0 saturated carbocycles. The Balaban J connectivity index is 1.50. The molecule has 34 heavy (non-hydrogen) atoms. The summed E-state index contributed by atoms with van der Waals surface area (Å²) in [7, 11) is 0. The van der Waals surface area contributed by atoms with Crippen LogP contribution in [0.2, 0.25) is 0 Å². The smallest absolute Gasteiger partial charge is 0.131 e. The van der Waals surface area contributed by atoms with Crippen molar-refractivity contribution < 1.29 is 0 Å². The molecule has 5 aromatic rings. The highest BCUT2D eigenvalue weighted by atomic mass is 32.1. The van der Waals surface area contributed by atoms with Gasteiger partial charge in [0.15, 0.2) is 0 Å². The van der Waals surface area contributed by atoms with Crippen molar-refractivity contribution in [1.29, 1.82) is 0 Å². The molecule has 2 aliphatic heterocycles. The van der Waals surface area contributed by atoms with Crippen molar-refractivity contribution in [1.82, 2.24) is 0 Å². The van der Waals surface area contributed by atoms with E-state index in [1.807, 2.05) is 68.0 Å². The fraction of sp³-hybridized carbons (Fsp3) is 0. The zero-order valence-electron chi connectivity index (χ0n) is 17.7. The van der Waals surface area contributed by atoms with Crippen LogP contribution in [0.25, 0.3) is 61.9 Å². The van der Waals surface area contributed by atoms with Gasteiger partial charge in [-0.1, -0.05) is 0 Å². The van der Waals surface area contributed by atoms with Gasteiger partial charge in [0.25, 0.3) is 0 Å². The molecule has 0 saturated heterocycles. The summed E-state index contributed by atoms with van der Waals surface area (Å²) in [5.41, 5.74) is 0. The van der Waals surface area contributed by atoms with Gasteiger partial charge in [0, 0.05) is 43.1 Å². The molecule has 0 atom stereocenters. The van der Waals surface area contributed by atoms with Crippen molar-refractivity contribution >= 4 is 130 Å². The van der Waals surface area contributed by atoms with E-state index in [-0.39, 0.29) is 0 Å². The standard InChI is InChI=1S/C28H16S6/c1-2-18-6-10-22(30-18)26-15-16-28(34-26)24-12-8-20(32-24)4-3-19-7-11-23(31-19)27-14-13-25(33-27)21-9-5-17(1)29-21/h1-16H/q+2. The van der Waals surface area contributed by atoms with Gasteiger partial charge in [-0.3, -0.25) is 0 Å². The Hall–Kier alpha value is -2.32. The summed E-state index contributed by atoms with van der Waals surface area (Å²) in [6.07, 6.45) is 9.05. The quantitative estimate of drug-likeness (QED) is 0.167. The van der Waals surface area contributed by atoms with Crippen molar-refractivity contribution in [2.75, 3.05) is 0 Å². The maximum Gasteiger partial charge on any atom is 0.248 e. The fourth-order valence-electron chi connectivity index (χ4n) is 3.83. The Morgan fingerprint density at radius 3 is 0.824 bits per heavy atom. The van der Waals surface area contributed by atoms with Crippen LogP contribution in [0.3, 0.4) is 0 Å². The molecule has 6 heteroatoms. The topological polar surface area (TPSA) is 0 Å². The molecule has 2 aliphatic rings. The SMILES string of the molecule is C1=Cc2[s+]c1c1ccc(ccc3ccc(s3)c3[s+]c(c4ccc(ccc5ccc2s5)s4)C=C3)s1. The van der Waals surface area contributed by atoms with Gasteiger partial charge in [-0.15, -0.1) is 45.3 Å². The van der Waals surface area contributed by atoms with Crippen LogP contribution in [-0.4, -0.2) is 0 Å². The lowest BCUT2D eigenvalue weighted by Crippen LogP contribution is -1.54. The Kier molecular flexibility index (Phi) is 5.38. The van der Waals surface area contributed by atoms with Crippen LogP contribution in [0.1, 0.15) is 19.5 Å². The third kappa shape index (κ3) is 4.05. The third-order valence-electron chi connectivity index (χ3n) is 5.51. The van der Waals surface area contributed by atoms with E-state index >= 15 is 0 Å². The second kappa shape index (κ2) is 8.72. The minimum Gasteiger partial charge on any atom is -0.131 e. The van der Waals surface area contributed by atoms with Crippen molar-refractivity contribution in [3.63, 3.8) is 0 Å². The van der Waals surface area contributed by atoms with Crippen molar-refractivity contribution in [2.24, 2.45) is 0 Å². The molecule has 0 fully saturated rings. The Labute approximate surface area is 220 Å². The zero-order chi connectivity index (χ0) is 22.5. The highest BCUT2D eigenvalue weighted by Gasteiger charge is 2.18. The first-order valence-corrected chi connectivity index (χ1v) is 15.6. The number of hydrogen-bond donors (Lipinski definition) is 0. The van der Waals surface area contributed by atoms with Gasteiger partial charge in [-0.2, -0.15) is 0 Å². The molecular formula is C28H16S6+2. The highest BCUT2D eigenvalue weighted by Crippen LogP contribution is 2.37. The first kappa shape index (κ1) is 21.0. The van der Waals surface area contributed by atoms with Gasteiger partial charge < -0.3 is 0 Å². The average Bonchev–Trinajstić information content (AvgIpc) is 3.68. The van der Waals surface area contributed by atoms with Crippen LogP contribution >= 0.6 is 68.0 Å². The van der Waals surface area contributed by atoms with Crippen LogP contribution in [0.15, 0.2) is 72.8 Å². The van der Waals surface area contributed by atoms with Gasteiger partial charge in [-0.25, -0.2) is 0 Å². The molecule has 0 spiro atoms. The van der Waals surface area contributed by atoms with E-state index < -0.39 is 0 Å². The number of hydrogen-bond acceptors (Lipinski definition) is 4. The third-order valence-corrected chi connectivity index (χ3v) is 12.7. The zero-order valence-corrected chi connectivity index (χ0v) is 22.6. The van der Waals surface area contributed by atoms with Crippen molar-refractivity contribution in [3.8, 4) is 0 Å². The first-order chi connectivity index (χ1) is 16.8. The van der Waals surface area contributed by atoms with E-state index in [9.17, 15) is 0 Å². The van der Waals surface area contributed by atoms with E-state index in [0.29, 0.717) is 0 Å². The van der Waals surface area contributed by atoms with Gasteiger partial charge in [0.05, 0.1) is 18.8 Å². The van der Waals surface area contributed by atoms with Crippen LogP contribution in [0.4, 0.5) is 0 Å². The minimum absolute atomic E-state index is 1.29. The van der Waals surface area contributed by atoms with Gasteiger partial charge in [0.1, 0.15) is 0 Å². The molecule has 162 valence electrons. The summed E-state index contributed by atoms with van der Waals surface area (Å²) >= 11 is 11.2. The molecule has 7 heterocycles. The molecule has 12 bridgehead atoms. The van der Waals surface area contributed by atoms with Crippen LogP contribution < -0.4 is 0 Å². The molecule has 0 unspecified atom stereocenters. The molecule has 5 aromatic heterocycles. The number of thiophene rings is 4. The van der Waals surface area contributed by atoms with Crippen molar-refractivity contribution in [2.45, 2.75) is 0 Å². The van der Waals surface area contributed by atoms with Crippen LogP contribution in [0.5, 0.6) is 0 Å².